The van der Waals surface area contributed by atoms with Crippen LogP contribution in [0.2, 0.25) is 0 Å². The van der Waals surface area contributed by atoms with Crippen molar-refractivity contribution in [2.75, 3.05) is 0 Å². The van der Waals surface area contributed by atoms with E-state index >= 15 is 0 Å². The summed E-state index contributed by atoms with van der Waals surface area (Å²) in [5, 5.41) is 0. The summed E-state index contributed by atoms with van der Waals surface area (Å²) in [6.45, 7) is 0. The zero-order valence-electron chi connectivity index (χ0n) is 5.03. The summed E-state index contributed by atoms with van der Waals surface area (Å²) in [7, 11) is 0. The Morgan fingerprint density at radius 3 is 2.90 bits per heavy atom. The van der Waals surface area contributed by atoms with Gasteiger partial charge in [-0.1, -0.05) is 0 Å². The van der Waals surface area contributed by atoms with Crippen LogP contribution in [0.15, 0.2) is 17.1 Å². The topological polar surface area (TPSA) is 32.9 Å². The molecule has 0 bridgehead atoms. The monoisotopic (exact) mass is 161 g/mol. The molecule has 1 rings (SSSR count). The predicted octanol–water partition coefficient (Wildman–Crippen LogP) is 1.25. The number of alkyl halides is 1. The van der Waals surface area contributed by atoms with Crippen molar-refractivity contribution in [1.82, 2.24) is 4.98 Å². The summed E-state index contributed by atoms with van der Waals surface area (Å²) < 4.78 is 12.5. The molecule has 1 aromatic heterocycles. The van der Waals surface area contributed by atoms with Gasteiger partial charge in [-0.2, -0.15) is 0 Å². The molecule has 0 atom stereocenters. The highest BCUT2D eigenvalue weighted by atomic mass is 35.5. The van der Waals surface area contributed by atoms with E-state index < -0.39 is 5.82 Å². The van der Waals surface area contributed by atoms with E-state index in [-0.39, 0.29) is 17.0 Å². The summed E-state index contributed by atoms with van der Waals surface area (Å²) in [5.41, 5.74) is -0.109. The Morgan fingerprint density at radius 2 is 2.40 bits per heavy atom. The molecule has 0 amide bonds. The minimum atomic E-state index is -0.477. The number of hydrogen-bond acceptors (Lipinski definition) is 1. The average molecular weight is 162 g/mol. The second-order valence-electron chi connectivity index (χ2n) is 1.80. The third kappa shape index (κ3) is 1.36. The maximum Gasteiger partial charge on any atom is 0.248 e. The van der Waals surface area contributed by atoms with Gasteiger partial charge in [0.05, 0.1) is 5.88 Å². The molecule has 54 valence electrons. The molecule has 4 heteroatoms. The largest absolute Gasteiger partial charge is 0.326 e. The summed E-state index contributed by atoms with van der Waals surface area (Å²) in [4.78, 5) is 12.7. The molecule has 0 aliphatic heterocycles. The van der Waals surface area contributed by atoms with Crippen LogP contribution in [0.4, 0.5) is 4.39 Å². The fourth-order valence-electron chi connectivity index (χ4n) is 0.598. The van der Waals surface area contributed by atoms with Crippen LogP contribution in [0.3, 0.4) is 0 Å². The molecule has 0 aromatic carbocycles. The molecule has 0 radical (unpaired) electrons. The van der Waals surface area contributed by atoms with Crippen LogP contribution in [0.25, 0.3) is 0 Å². The lowest BCUT2D eigenvalue weighted by atomic mass is 10.3. The molecule has 1 N–H and O–H groups in total. The van der Waals surface area contributed by atoms with Crippen molar-refractivity contribution >= 4 is 11.6 Å². The maximum absolute atomic E-state index is 12.5. The lowest BCUT2D eigenvalue weighted by molar-refractivity contribution is 0.609. The number of halogens is 2. The second-order valence-corrected chi connectivity index (χ2v) is 2.07. The number of H-pyrrole nitrogens is 1. The number of hydrogen-bond donors (Lipinski definition) is 1. The summed E-state index contributed by atoms with van der Waals surface area (Å²) in [6.07, 6.45) is 1.00. The van der Waals surface area contributed by atoms with Crippen molar-refractivity contribution in [2.24, 2.45) is 0 Å². The van der Waals surface area contributed by atoms with Crippen LogP contribution >= 0.6 is 11.6 Å². The van der Waals surface area contributed by atoms with Crippen molar-refractivity contribution in [1.29, 1.82) is 0 Å². The van der Waals surface area contributed by atoms with E-state index in [0.717, 1.165) is 12.3 Å². The number of nitrogens with one attached hydrogen (secondary N) is 1. The number of pyridine rings is 1. The zero-order valence-corrected chi connectivity index (χ0v) is 5.78. The van der Waals surface area contributed by atoms with Crippen LogP contribution in [0.1, 0.15) is 5.56 Å². The highest BCUT2D eigenvalue weighted by Gasteiger charge is 1.98. The maximum atomic E-state index is 12.5. The Morgan fingerprint density at radius 1 is 1.70 bits per heavy atom. The fraction of sp³-hybridized carbons (Fsp3) is 0.167. The van der Waals surface area contributed by atoms with Gasteiger partial charge in [-0.05, 0) is 0 Å². The standard InChI is InChI=1S/C6H5ClFNO/c7-2-4-1-6(10)9-3-5(4)8/h1,3H,2H2,(H,9,10). The van der Waals surface area contributed by atoms with Crippen LogP contribution in [-0.2, 0) is 5.88 Å². The molecule has 1 aromatic rings. The molecule has 0 fully saturated rings. The van der Waals surface area contributed by atoms with Crippen LogP contribution in [0.5, 0.6) is 0 Å². The SMILES string of the molecule is O=c1cc(CCl)c(F)c[nH]1. The quantitative estimate of drug-likeness (QED) is 0.618. The molecule has 0 saturated heterocycles. The van der Waals surface area contributed by atoms with Gasteiger partial charge in [0.2, 0.25) is 5.56 Å². The van der Waals surface area contributed by atoms with Gasteiger partial charge in [-0.15, -0.1) is 11.6 Å². The molecule has 0 saturated carbocycles. The first-order valence-corrected chi connectivity index (χ1v) is 3.20. The van der Waals surface area contributed by atoms with Crippen LogP contribution in [-0.4, -0.2) is 4.98 Å². The Kier molecular flexibility index (Phi) is 2.06. The smallest absolute Gasteiger partial charge is 0.248 e. The number of aromatic amines is 1. The number of rotatable bonds is 1. The van der Waals surface area contributed by atoms with Gasteiger partial charge in [0.1, 0.15) is 5.82 Å². The zero-order chi connectivity index (χ0) is 7.56. The molecule has 0 aliphatic rings. The van der Waals surface area contributed by atoms with Gasteiger partial charge in [0.25, 0.3) is 0 Å². The van der Waals surface area contributed by atoms with E-state index in [4.69, 9.17) is 11.6 Å². The molecule has 1 heterocycles. The van der Waals surface area contributed by atoms with E-state index in [9.17, 15) is 9.18 Å². The van der Waals surface area contributed by atoms with Gasteiger partial charge in [-0.3, -0.25) is 4.79 Å². The normalized spacial score (nSPS) is 9.80. The first kappa shape index (κ1) is 7.28. The van der Waals surface area contributed by atoms with Crippen molar-refractivity contribution in [2.45, 2.75) is 5.88 Å². The summed E-state index contributed by atoms with van der Waals surface area (Å²) >= 11 is 5.31. The van der Waals surface area contributed by atoms with Gasteiger partial charge in [-0.25, -0.2) is 4.39 Å². The van der Waals surface area contributed by atoms with Gasteiger partial charge in [0, 0.05) is 17.8 Å². The Bertz CT molecular complexity index is 283. The van der Waals surface area contributed by atoms with Crippen molar-refractivity contribution in [3.05, 3.63) is 34.0 Å². The minimum absolute atomic E-state index is 0.0236. The predicted molar refractivity (Wildman–Crippen MR) is 36.6 cm³/mol. The van der Waals surface area contributed by atoms with E-state index in [1.165, 1.54) is 0 Å². The highest BCUT2D eigenvalue weighted by Crippen LogP contribution is 2.04. The lowest BCUT2D eigenvalue weighted by Gasteiger charge is -1.93. The average Bonchev–Trinajstić information content (AvgIpc) is 1.94. The van der Waals surface area contributed by atoms with Crippen LogP contribution in [0, 0.1) is 5.82 Å². The molecular formula is C6H5ClFNO. The van der Waals surface area contributed by atoms with Crippen molar-refractivity contribution < 1.29 is 4.39 Å². The molecule has 0 unspecified atom stereocenters. The summed E-state index contributed by atoms with van der Waals surface area (Å²) in [5.74, 6) is -0.454. The van der Waals surface area contributed by atoms with Crippen molar-refractivity contribution in [3.8, 4) is 0 Å². The first-order valence-electron chi connectivity index (χ1n) is 2.67. The van der Waals surface area contributed by atoms with E-state index in [0.29, 0.717) is 0 Å². The lowest BCUT2D eigenvalue weighted by Crippen LogP contribution is -2.05. The van der Waals surface area contributed by atoms with Gasteiger partial charge in [0.15, 0.2) is 0 Å². The number of aromatic nitrogens is 1. The molecule has 0 spiro atoms. The Labute approximate surface area is 61.6 Å². The Hall–Kier alpha value is -0.830. The molecular weight excluding hydrogens is 157 g/mol. The van der Waals surface area contributed by atoms with E-state index in [1.54, 1.807) is 0 Å². The second kappa shape index (κ2) is 2.84. The van der Waals surface area contributed by atoms with Gasteiger partial charge >= 0.3 is 0 Å². The minimum Gasteiger partial charge on any atom is -0.326 e. The third-order valence-electron chi connectivity index (χ3n) is 1.10. The fourth-order valence-corrected chi connectivity index (χ4v) is 0.803. The van der Waals surface area contributed by atoms with Crippen molar-refractivity contribution in [3.63, 3.8) is 0 Å². The third-order valence-corrected chi connectivity index (χ3v) is 1.39. The van der Waals surface area contributed by atoms with Gasteiger partial charge < -0.3 is 4.98 Å². The van der Waals surface area contributed by atoms with E-state index in [2.05, 4.69) is 4.98 Å². The molecule has 10 heavy (non-hydrogen) atoms. The summed E-state index contributed by atoms with van der Waals surface area (Å²) in [6, 6.07) is 1.14. The Balaban J connectivity index is 3.22. The molecule has 0 aliphatic carbocycles. The highest BCUT2D eigenvalue weighted by molar-refractivity contribution is 6.17. The van der Waals surface area contributed by atoms with Crippen LogP contribution < -0.4 is 5.56 Å². The molecule has 2 nitrogen and oxygen atoms in total. The first-order chi connectivity index (χ1) is 4.74. The van der Waals surface area contributed by atoms with E-state index in [1.807, 2.05) is 0 Å².